The molecule has 20 heavy (non-hydrogen) atoms. The van der Waals surface area contributed by atoms with Gasteiger partial charge in [0.1, 0.15) is 5.60 Å². The zero-order valence-electron chi connectivity index (χ0n) is 12.4. The standard InChI is InChI=1S/C14H23NO5/c1-5-19-12(17)10-8-9(6-7-11(10)16)15-13(18)20-14(2,3)4/h6-7,9-11,16H,5,8H2,1-4H3,(H,15,18)/t9-,10+,11-/m1/s1. The van der Waals surface area contributed by atoms with Gasteiger partial charge in [0.05, 0.1) is 24.7 Å². The van der Waals surface area contributed by atoms with Gasteiger partial charge in [-0.05, 0) is 34.1 Å². The topological polar surface area (TPSA) is 84.9 Å². The van der Waals surface area contributed by atoms with E-state index < -0.39 is 29.7 Å². The molecule has 0 aromatic heterocycles. The Labute approximate surface area is 119 Å². The highest BCUT2D eigenvalue weighted by Gasteiger charge is 2.33. The monoisotopic (exact) mass is 285 g/mol. The summed E-state index contributed by atoms with van der Waals surface area (Å²) in [7, 11) is 0. The van der Waals surface area contributed by atoms with Crippen LogP contribution in [0.25, 0.3) is 0 Å². The van der Waals surface area contributed by atoms with Gasteiger partial charge in [0.25, 0.3) is 0 Å². The first kappa shape index (κ1) is 16.5. The van der Waals surface area contributed by atoms with Gasteiger partial charge in [0, 0.05) is 0 Å². The number of aliphatic hydroxyl groups is 1. The molecule has 0 aliphatic heterocycles. The molecule has 3 atom stereocenters. The quantitative estimate of drug-likeness (QED) is 0.604. The minimum absolute atomic E-state index is 0.260. The molecule has 1 aliphatic carbocycles. The molecule has 0 spiro atoms. The molecule has 6 nitrogen and oxygen atoms in total. The fraction of sp³-hybridized carbons (Fsp3) is 0.714. The number of amides is 1. The molecule has 0 fully saturated rings. The van der Waals surface area contributed by atoms with Crippen molar-refractivity contribution in [2.75, 3.05) is 6.61 Å². The van der Waals surface area contributed by atoms with E-state index in [2.05, 4.69) is 5.32 Å². The average molecular weight is 285 g/mol. The van der Waals surface area contributed by atoms with Crippen molar-refractivity contribution >= 4 is 12.1 Å². The summed E-state index contributed by atoms with van der Waals surface area (Å²) in [5.74, 6) is -1.12. The lowest BCUT2D eigenvalue weighted by Gasteiger charge is -2.28. The van der Waals surface area contributed by atoms with E-state index in [0.29, 0.717) is 0 Å². The molecule has 1 rings (SSSR count). The van der Waals surface area contributed by atoms with E-state index >= 15 is 0 Å². The first-order valence-corrected chi connectivity index (χ1v) is 6.75. The summed E-state index contributed by atoms with van der Waals surface area (Å²) in [6, 6.07) is -0.359. The summed E-state index contributed by atoms with van der Waals surface area (Å²) in [4.78, 5) is 23.4. The average Bonchev–Trinajstić information content (AvgIpc) is 2.29. The number of carbonyl (C=O) groups excluding carboxylic acids is 2. The highest BCUT2D eigenvalue weighted by molar-refractivity contribution is 5.74. The summed E-state index contributed by atoms with van der Waals surface area (Å²) in [5.41, 5.74) is -0.581. The lowest BCUT2D eigenvalue weighted by atomic mass is 9.88. The second-order valence-electron chi connectivity index (χ2n) is 5.72. The maximum Gasteiger partial charge on any atom is 0.408 e. The number of ether oxygens (including phenoxy) is 2. The van der Waals surface area contributed by atoms with Gasteiger partial charge in [-0.3, -0.25) is 4.79 Å². The fourth-order valence-electron chi connectivity index (χ4n) is 1.92. The zero-order valence-corrected chi connectivity index (χ0v) is 12.4. The summed E-state index contributed by atoms with van der Waals surface area (Å²) in [6.07, 6.45) is 2.00. The molecule has 0 saturated carbocycles. The van der Waals surface area contributed by atoms with Gasteiger partial charge in [-0.25, -0.2) is 4.79 Å². The first-order valence-electron chi connectivity index (χ1n) is 6.75. The predicted molar refractivity (Wildman–Crippen MR) is 73.0 cm³/mol. The van der Waals surface area contributed by atoms with E-state index in [9.17, 15) is 14.7 Å². The minimum atomic E-state index is -0.884. The number of carbonyl (C=O) groups is 2. The van der Waals surface area contributed by atoms with Crippen molar-refractivity contribution in [3.8, 4) is 0 Å². The van der Waals surface area contributed by atoms with Crippen LogP contribution in [0.2, 0.25) is 0 Å². The van der Waals surface area contributed by atoms with Crippen molar-refractivity contribution in [2.45, 2.75) is 51.9 Å². The summed E-state index contributed by atoms with van der Waals surface area (Å²) >= 11 is 0. The van der Waals surface area contributed by atoms with Crippen molar-refractivity contribution in [3.05, 3.63) is 12.2 Å². The highest BCUT2D eigenvalue weighted by atomic mass is 16.6. The molecule has 114 valence electrons. The Bertz CT molecular complexity index is 386. The Balaban J connectivity index is 2.59. The molecule has 1 aliphatic rings. The van der Waals surface area contributed by atoms with Crippen LogP contribution < -0.4 is 5.32 Å². The number of esters is 1. The smallest absolute Gasteiger partial charge is 0.408 e. The molecule has 6 heteroatoms. The molecule has 0 bridgehead atoms. The van der Waals surface area contributed by atoms with E-state index in [1.54, 1.807) is 33.8 Å². The molecular weight excluding hydrogens is 262 g/mol. The number of alkyl carbamates (subject to hydrolysis) is 1. The van der Waals surface area contributed by atoms with Crippen molar-refractivity contribution in [2.24, 2.45) is 5.92 Å². The molecule has 0 heterocycles. The summed E-state index contributed by atoms with van der Waals surface area (Å²) in [6.45, 7) is 7.28. The lowest BCUT2D eigenvalue weighted by Crippen LogP contribution is -2.44. The Morgan fingerprint density at radius 2 is 2.00 bits per heavy atom. The van der Waals surface area contributed by atoms with Crippen LogP contribution >= 0.6 is 0 Å². The fourth-order valence-corrected chi connectivity index (χ4v) is 1.92. The van der Waals surface area contributed by atoms with Crippen LogP contribution in [0.15, 0.2) is 12.2 Å². The maximum atomic E-state index is 11.7. The first-order chi connectivity index (χ1) is 9.23. The van der Waals surface area contributed by atoms with Crippen LogP contribution in [-0.2, 0) is 14.3 Å². The van der Waals surface area contributed by atoms with Gasteiger partial charge < -0.3 is 19.9 Å². The van der Waals surface area contributed by atoms with Gasteiger partial charge in [0.15, 0.2) is 0 Å². The molecular formula is C14H23NO5. The third kappa shape index (κ3) is 5.21. The van der Waals surface area contributed by atoms with Gasteiger partial charge in [-0.1, -0.05) is 12.2 Å². The third-order valence-electron chi connectivity index (χ3n) is 2.75. The van der Waals surface area contributed by atoms with E-state index in [1.165, 1.54) is 6.08 Å². The molecule has 0 saturated heterocycles. The number of rotatable bonds is 3. The summed E-state index contributed by atoms with van der Waals surface area (Å²) < 4.78 is 10.1. The van der Waals surface area contributed by atoms with E-state index in [-0.39, 0.29) is 19.1 Å². The highest BCUT2D eigenvalue weighted by Crippen LogP contribution is 2.21. The van der Waals surface area contributed by atoms with Crippen molar-refractivity contribution < 1.29 is 24.2 Å². The second-order valence-corrected chi connectivity index (χ2v) is 5.72. The Morgan fingerprint density at radius 1 is 1.35 bits per heavy atom. The Morgan fingerprint density at radius 3 is 2.55 bits per heavy atom. The van der Waals surface area contributed by atoms with Crippen molar-refractivity contribution in [1.29, 1.82) is 0 Å². The van der Waals surface area contributed by atoms with Gasteiger partial charge in [0.2, 0.25) is 0 Å². The molecule has 2 N–H and O–H groups in total. The van der Waals surface area contributed by atoms with Crippen molar-refractivity contribution in [1.82, 2.24) is 5.32 Å². The molecule has 0 radical (unpaired) electrons. The normalized spacial score (nSPS) is 25.9. The Hall–Kier alpha value is -1.56. The SMILES string of the molecule is CCOC(=O)[C@H]1C[C@H](NC(=O)OC(C)(C)C)C=C[C@H]1O. The van der Waals surface area contributed by atoms with Crippen LogP contribution in [-0.4, -0.2) is 41.5 Å². The van der Waals surface area contributed by atoms with Crippen LogP contribution in [0.1, 0.15) is 34.1 Å². The van der Waals surface area contributed by atoms with Crippen LogP contribution in [0.4, 0.5) is 4.79 Å². The molecule has 1 amide bonds. The zero-order chi connectivity index (χ0) is 15.3. The van der Waals surface area contributed by atoms with Gasteiger partial charge in [-0.2, -0.15) is 0 Å². The molecule has 0 aromatic rings. The van der Waals surface area contributed by atoms with E-state index in [4.69, 9.17) is 9.47 Å². The maximum absolute atomic E-state index is 11.7. The van der Waals surface area contributed by atoms with Crippen LogP contribution in [0.5, 0.6) is 0 Å². The van der Waals surface area contributed by atoms with Crippen LogP contribution in [0.3, 0.4) is 0 Å². The largest absolute Gasteiger partial charge is 0.466 e. The molecule has 0 aromatic carbocycles. The van der Waals surface area contributed by atoms with Gasteiger partial charge in [-0.15, -0.1) is 0 Å². The van der Waals surface area contributed by atoms with E-state index in [0.717, 1.165) is 0 Å². The number of nitrogens with one attached hydrogen (secondary N) is 1. The molecule has 0 unspecified atom stereocenters. The second kappa shape index (κ2) is 6.74. The number of hydrogen-bond acceptors (Lipinski definition) is 5. The third-order valence-corrected chi connectivity index (χ3v) is 2.75. The van der Waals surface area contributed by atoms with Crippen molar-refractivity contribution in [3.63, 3.8) is 0 Å². The van der Waals surface area contributed by atoms with Crippen LogP contribution in [0, 0.1) is 5.92 Å². The summed E-state index contributed by atoms with van der Waals surface area (Å²) in [5, 5.41) is 12.4. The lowest BCUT2D eigenvalue weighted by molar-refractivity contribution is -0.151. The number of hydrogen-bond donors (Lipinski definition) is 2. The van der Waals surface area contributed by atoms with Gasteiger partial charge >= 0.3 is 12.1 Å². The Kier molecular flexibility index (Phi) is 5.56. The number of aliphatic hydroxyl groups excluding tert-OH is 1. The predicted octanol–water partition coefficient (Wildman–Crippen LogP) is 1.38. The van der Waals surface area contributed by atoms with E-state index in [1.807, 2.05) is 0 Å². The minimum Gasteiger partial charge on any atom is -0.466 e.